The first-order valence-electron chi connectivity index (χ1n) is 10.5. The van der Waals surface area contributed by atoms with Crippen LogP contribution in [-0.4, -0.2) is 26.9 Å². The molecule has 2 heterocycles. The predicted molar refractivity (Wildman–Crippen MR) is 125 cm³/mol. The quantitative estimate of drug-likeness (QED) is 0.554. The minimum atomic E-state index is -3.82. The maximum Gasteiger partial charge on any atom is 0.251 e. The number of nitrogens with one attached hydrogen (secondary N) is 2. The van der Waals surface area contributed by atoms with Gasteiger partial charge in [0.2, 0.25) is 16.8 Å². The lowest BCUT2D eigenvalue weighted by Gasteiger charge is -2.26. The van der Waals surface area contributed by atoms with Gasteiger partial charge in [-0.1, -0.05) is 30.3 Å². The molecule has 0 aliphatic carbocycles. The van der Waals surface area contributed by atoms with Crippen LogP contribution >= 0.6 is 11.8 Å². The van der Waals surface area contributed by atoms with E-state index in [1.54, 1.807) is 42.1 Å². The highest BCUT2D eigenvalue weighted by Gasteiger charge is 2.23. The molecule has 0 aromatic heterocycles. The maximum atomic E-state index is 12.9. The lowest BCUT2D eigenvalue weighted by molar-refractivity contribution is 0.0934. The highest BCUT2D eigenvalue weighted by Crippen LogP contribution is 2.36. The van der Waals surface area contributed by atoms with E-state index < -0.39 is 10.0 Å². The Labute approximate surface area is 196 Å². The molecule has 9 heteroatoms. The van der Waals surface area contributed by atoms with E-state index >= 15 is 0 Å². The number of benzene rings is 3. The minimum Gasteiger partial charge on any atom is -0.454 e. The van der Waals surface area contributed by atoms with Crippen molar-refractivity contribution in [3.8, 4) is 11.5 Å². The van der Waals surface area contributed by atoms with Crippen molar-refractivity contribution in [3.63, 3.8) is 0 Å². The van der Waals surface area contributed by atoms with Crippen LogP contribution in [0.15, 0.2) is 76.5 Å². The van der Waals surface area contributed by atoms with Crippen molar-refractivity contribution in [2.75, 3.05) is 12.5 Å². The highest BCUT2D eigenvalue weighted by molar-refractivity contribution is 7.99. The van der Waals surface area contributed by atoms with Crippen LogP contribution in [-0.2, 0) is 16.6 Å². The van der Waals surface area contributed by atoms with Gasteiger partial charge >= 0.3 is 0 Å². The molecule has 3 aromatic carbocycles. The third kappa shape index (κ3) is 4.71. The molecule has 0 fully saturated rings. The van der Waals surface area contributed by atoms with Crippen LogP contribution in [0.4, 0.5) is 0 Å². The molecule has 0 radical (unpaired) electrons. The molecule has 3 aromatic rings. The first-order valence-corrected chi connectivity index (χ1v) is 13.0. The molecule has 1 atom stereocenters. The van der Waals surface area contributed by atoms with E-state index in [1.807, 2.05) is 18.2 Å². The van der Waals surface area contributed by atoms with Gasteiger partial charge < -0.3 is 14.8 Å². The van der Waals surface area contributed by atoms with Gasteiger partial charge in [-0.25, -0.2) is 13.1 Å². The summed E-state index contributed by atoms with van der Waals surface area (Å²) >= 11 is 1.78. The molecule has 5 rings (SSSR count). The SMILES string of the molecule is O=C(N[C@@H]1CCSc2ccccc21)c1cccc(S(=O)(=O)NCc2ccc3c(c2)OCO3)c1. The zero-order valence-electron chi connectivity index (χ0n) is 17.6. The number of sulfonamides is 1. The summed E-state index contributed by atoms with van der Waals surface area (Å²) in [6.07, 6.45) is 0.822. The third-order valence-electron chi connectivity index (χ3n) is 5.57. The minimum absolute atomic E-state index is 0.0375. The number of fused-ring (bicyclic) bond motifs is 2. The van der Waals surface area contributed by atoms with Crippen LogP contribution in [0.2, 0.25) is 0 Å². The average Bonchev–Trinajstić information content (AvgIpc) is 3.31. The number of ether oxygens (including phenoxy) is 2. The Morgan fingerprint density at radius 1 is 1.00 bits per heavy atom. The summed E-state index contributed by atoms with van der Waals surface area (Å²) in [4.78, 5) is 14.1. The number of hydrogen-bond acceptors (Lipinski definition) is 6. The van der Waals surface area contributed by atoms with Gasteiger partial charge in [0.1, 0.15) is 0 Å². The summed E-state index contributed by atoms with van der Waals surface area (Å²) in [5.74, 6) is 1.85. The summed E-state index contributed by atoms with van der Waals surface area (Å²) < 4.78 is 38.9. The molecular formula is C24H22N2O5S2. The molecule has 7 nitrogen and oxygen atoms in total. The fourth-order valence-corrected chi connectivity index (χ4v) is 6.04. The molecule has 33 heavy (non-hydrogen) atoms. The zero-order chi connectivity index (χ0) is 22.8. The van der Waals surface area contributed by atoms with Gasteiger partial charge in [0, 0.05) is 22.8 Å². The first-order chi connectivity index (χ1) is 16.0. The topological polar surface area (TPSA) is 93.7 Å². The van der Waals surface area contributed by atoms with E-state index in [0.29, 0.717) is 17.1 Å². The van der Waals surface area contributed by atoms with E-state index in [0.717, 1.165) is 28.2 Å². The molecule has 2 aliphatic heterocycles. The number of hydrogen-bond donors (Lipinski definition) is 2. The second-order valence-corrected chi connectivity index (χ2v) is 10.6. The fourth-order valence-electron chi connectivity index (χ4n) is 3.85. The van der Waals surface area contributed by atoms with Gasteiger partial charge in [-0.2, -0.15) is 0 Å². The van der Waals surface area contributed by atoms with Gasteiger partial charge in [-0.15, -0.1) is 11.8 Å². The third-order valence-corrected chi connectivity index (χ3v) is 8.10. The number of rotatable bonds is 6. The average molecular weight is 483 g/mol. The lowest BCUT2D eigenvalue weighted by atomic mass is 10.0. The second kappa shape index (κ2) is 9.09. The Kier molecular flexibility index (Phi) is 6.01. The largest absolute Gasteiger partial charge is 0.454 e. The van der Waals surface area contributed by atoms with E-state index in [-0.39, 0.29) is 30.2 Å². The molecule has 1 amide bonds. The van der Waals surface area contributed by atoms with Crippen molar-refractivity contribution in [1.29, 1.82) is 0 Å². The van der Waals surface area contributed by atoms with Crippen LogP contribution in [0.1, 0.15) is 33.9 Å². The summed E-state index contributed by atoms with van der Waals surface area (Å²) in [6, 6.07) is 19.3. The summed E-state index contributed by atoms with van der Waals surface area (Å²) in [5.41, 5.74) is 2.14. The Balaban J connectivity index is 1.29. The highest BCUT2D eigenvalue weighted by atomic mass is 32.2. The molecule has 0 bridgehead atoms. The zero-order valence-corrected chi connectivity index (χ0v) is 19.2. The van der Waals surface area contributed by atoms with Crippen LogP contribution in [0.5, 0.6) is 11.5 Å². The normalized spacial score (nSPS) is 16.8. The van der Waals surface area contributed by atoms with Gasteiger partial charge in [-0.3, -0.25) is 4.79 Å². The van der Waals surface area contributed by atoms with Crippen molar-refractivity contribution < 1.29 is 22.7 Å². The molecule has 0 unspecified atom stereocenters. The second-order valence-electron chi connectivity index (χ2n) is 7.74. The van der Waals surface area contributed by atoms with Crippen molar-refractivity contribution in [2.24, 2.45) is 0 Å². The van der Waals surface area contributed by atoms with Crippen molar-refractivity contribution >= 4 is 27.7 Å². The molecule has 0 saturated heterocycles. The van der Waals surface area contributed by atoms with Crippen LogP contribution in [0.25, 0.3) is 0 Å². The predicted octanol–water partition coefficient (Wildman–Crippen LogP) is 3.86. The Hall–Kier alpha value is -3.01. The summed E-state index contributed by atoms with van der Waals surface area (Å²) in [5, 5.41) is 3.06. The van der Waals surface area contributed by atoms with E-state index in [4.69, 9.17) is 9.47 Å². The molecule has 170 valence electrons. The number of thioether (sulfide) groups is 1. The first kappa shape index (κ1) is 21.8. The molecule has 0 saturated carbocycles. The summed E-state index contributed by atoms with van der Waals surface area (Å²) in [7, 11) is -3.82. The smallest absolute Gasteiger partial charge is 0.251 e. The van der Waals surface area contributed by atoms with E-state index in [9.17, 15) is 13.2 Å². The standard InChI is InChI=1S/C24H22N2O5S2/c27-24(26-20-10-11-32-23-7-2-1-6-19(20)23)17-4-3-5-18(13-17)33(28,29)25-14-16-8-9-21-22(12-16)31-15-30-21/h1-9,12-13,20,25H,10-11,14-15H2,(H,26,27)/t20-/m1/s1. The number of carbonyl (C=O) groups excluding carboxylic acids is 1. The van der Waals surface area contributed by atoms with Crippen molar-refractivity contribution in [2.45, 2.75) is 28.8 Å². The van der Waals surface area contributed by atoms with E-state index in [2.05, 4.69) is 16.1 Å². The van der Waals surface area contributed by atoms with Gasteiger partial charge in [0.25, 0.3) is 5.91 Å². The monoisotopic (exact) mass is 482 g/mol. The van der Waals surface area contributed by atoms with Gasteiger partial charge in [0.05, 0.1) is 10.9 Å². The van der Waals surface area contributed by atoms with Crippen molar-refractivity contribution in [3.05, 3.63) is 83.4 Å². The van der Waals surface area contributed by atoms with Crippen LogP contribution < -0.4 is 19.5 Å². The Morgan fingerprint density at radius 3 is 2.76 bits per heavy atom. The van der Waals surface area contributed by atoms with Crippen LogP contribution in [0.3, 0.4) is 0 Å². The van der Waals surface area contributed by atoms with Crippen LogP contribution in [0, 0.1) is 0 Å². The Bertz CT molecular complexity index is 1310. The lowest BCUT2D eigenvalue weighted by Crippen LogP contribution is -2.31. The summed E-state index contributed by atoms with van der Waals surface area (Å²) in [6.45, 7) is 0.247. The van der Waals surface area contributed by atoms with Crippen molar-refractivity contribution in [1.82, 2.24) is 10.0 Å². The number of amides is 1. The Morgan fingerprint density at radius 2 is 1.85 bits per heavy atom. The molecule has 2 aliphatic rings. The number of carbonyl (C=O) groups is 1. The molecule has 0 spiro atoms. The van der Waals surface area contributed by atoms with Gasteiger partial charge in [-0.05, 0) is 53.9 Å². The van der Waals surface area contributed by atoms with Gasteiger partial charge in [0.15, 0.2) is 11.5 Å². The molecular weight excluding hydrogens is 460 g/mol. The van der Waals surface area contributed by atoms with E-state index in [1.165, 1.54) is 12.1 Å². The molecule has 2 N–H and O–H groups in total. The fraction of sp³-hybridized carbons (Fsp3) is 0.208. The maximum absolute atomic E-state index is 12.9.